The summed E-state index contributed by atoms with van der Waals surface area (Å²) in [6.07, 6.45) is 2.88. The fourth-order valence-electron chi connectivity index (χ4n) is 4.46. The van der Waals surface area contributed by atoms with E-state index in [1.54, 1.807) is 41.2 Å². The standard InChI is InChI=1S/C30H43N6O8P/c1-20(2)10-12-40-26(37)15-24(30(38)41-13-11-21(3)4)35-45(39,44-22-8-6-5-7-9-22)19-43-23-14-25(42-16-23)36-18-34-27-28(31)32-17-33-29(27)36/h5-9,17-18,20-21,23-25H,10-16,19H2,1-4H3,(H,35,39)(H2,31,32,33)/t23-,24+,25?,45?/m1/s1. The topological polar surface area (TPSA) is 179 Å². The third kappa shape index (κ3) is 10.2. The van der Waals surface area contributed by atoms with Gasteiger partial charge in [0.1, 0.15) is 36.2 Å². The molecule has 2 unspecified atom stereocenters. The molecule has 3 heterocycles. The van der Waals surface area contributed by atoms with Crippen molar-refractivity contribution in [2.45, 2.75) is 71.8 Å². The lowest BCUT2D eigenvalue weighted by atomic mass is 10.1. The van der Waals surface area contributed by atoms with Gasteiger partial charge in [-0.05, 0) is 36.8 Å². The molecule has 0 aliphatic carbocycles. The number of carbonyl (C=O) groups is 2. The van der Waals surface area contributed by atoms with Crippen LogP contribution in [0.3, 0.4) is 0 Å². The zero-order valence-electron chi connectivity index (χ0n) is 26.2. The van der Waals surface area contributed by atoms with Crippen LogP contribution in [0.5, 0.6) is 5.75 Å². The Bertz CT molecular complexity index is 1450. The van der Waals surface area contributed by atoms with Crippen molar-refractivity contribution in [3.8, 4) is 5.75 Å². The van der Waals surface area contributed by atoms with Gasteiger partial charge in [-0.15, -0.1) is 0 Å². The first-order valence-corrected chi connectivity index (χ1v) is 16.9. The number of nitrogens with one attached hydrogen (secondary N) is 1. The molecule has 0 bridgehead atoms. The molecule has 1 aromatic carbocycles. The van der Waals surface area contributed by atoms with Crippen molar-refractivity contribution in [1.82, 2.24) is 24.6 Å². The largest absolute Gasteiger partial charge is 0.466 e. The number of hydrogen-bond donors (Lipinski definition) is 2. The Morgan fingerprint density at radius 1 is 1.07 bits per heavy atom. The van der Waals surface area contributed by atoms with E-state index >= 15 is 0 Å². The lowest BCUT2D eigenvalue weighted by molar-refractivity contribution is -0.152. The maximum atomic E-state index is 14.3. The molecule has 3 N–H and O–H groups in total. The number of ether oxygens (including phenoxy) is 4. The second-order valence-corrected chi connectivity index (χ2v) is 13.8. The van der Waals surface area contributed by atoms with Crippen LogP contribution in [0.2, 0.25) is 0 Å². The molecule has 0 spiro atoms. The predicted molar refractivity (Wildman–Crippen MR) is 166 cm³/mol. The number of anilines is 1. The van der Waals surface area contributed by atoms with Gasteiger partial charge >= 0.3 is 19.5 Å². The van der Waals surface area contributed by atoms with Crippen molar-refractivity contribution in [2.24, 2.45) is 11.8 Å². The molecular weight excluding hydrogens is 603 g/mol. The van der Waals surface area contributed by atoms with Gasteiger partial charge in [0.25, 0.3) is 0 Å². The first-order chi connectivity index (χ1) is 21.5. The molecule has 15 heteroatoms. The fraction of sp³-hybridized carbons (Fsp3) is 0.567. The molecule has 4 atom stereocenters. The highest BCUT2D eigenvalue weighted by Gasteiger charge is 2.37. The third-order valence-electron chi connectivity index (χ3n) is 7.02. The molecule has 1 fully saturated rings. The number of rotatable bonds is 17. The summed E-state index contributed by atoms with van der Waals surface area (Å²) < 4.78 is 44.8. The SMILES string of the molecule is CC(C)CCOC(=O)C[C@H](NP(=O)(CO[C@H]1COC(n2cnc3c(N)ncnc32)C1)Oc1ccccc1)C(=O)OCCC(C)C. The van der Waals surface area contributed by atoms with Gasteiger partial charge in [0, 0.05) is 6.42 Å². The van der Waals surface area contributed by atoms with Gasteiger partial charge in [0.05, 0.1) is 38.7 Å². The molecule has 1 aliphatic heterocycles. The van der Waals surface area contributed by atoms with E-state index in [-0.39, 0.29) is 25.6 Å². The van der Waals surface area contributed by atoms with Crippen molar-refractivity contribution >= 4 is 36.4 Å². The van der Waals surface area contributed by atoms with E-state index in [0.717, 1.165) is 0 Å². The number of esters is 2. The first-order valence-electron chi connectivity index (χ1n) is 15.1. The molecule has 2 aromatic heterocycles. The number of hydrogen-bond acceptors (Lipinski definition) is 12. The third-order valence-corrected chi connectivity index (χ3v) is 8.72. The highest BCUT2D eigenvalue weighted by molar-refractivity contribution is 7.57. The number of aromatic nitrogens is 4. The molecule has 0 radical (unpaired) electrons. The van der Waals surface area contributed by atoms with Crippen LogP contribution in [-0.4, -0.2) is 69.8 Å². The molecule has 246 valence electrons. The number of nitrogen functional groups attached to an aromatic ring is 1. The second-order valence-electron chi connectivity index (χ2n) is 11.7. The number of imidazole rings is 1. The predicted octanol–water partition coefficient (Wildman–Crippen LogP) is 4.47. The minimum atomic E-state index is -3.97. The van der Waals surface area contributed by atoms with E-state index in [1.807, 2.05) is 27.7 Å². The van der Waals surface area contributed by atoms with Crippen LogP contribution in [0.25, 0.3) is 11.2 Å². The molecule has 3 aromatic rings. The quantitative estimate of drug-likeness (QED) is 0.155. The average molecular weight is 647 g/mol. The number of fused-ring (bicyclic) bond motifs is 1. The first kappa shape index (κ1) is 34.3. The van der Waals surface area contributed by atoms with Crippen LogP contribution in [-0.2, 0) is 33.1 Å². The van der Waals surface area contributed by atoms with Crippen LogP contribution >= 0.6 is 7.52 Å². The molecule has 1 aliphatic rings. The average Bonchev–Trinajstić information content (AvgIpc) is 3.64. The Labute approximate surface area is 262 Å². The zero-order chi connectivity index (χ0) is 32.4. The van der Waals surface area contributed by atoms with Crippen molar-refractivity contribution < 1.29 is 37.6 Å². The minimum Gasteiger partial charge on any atom is -0.466 e. The number of nitrogens with two attached hydrogens (primary N) is 1. The highest BCUT2D eigenvalue weighted by Crippen LogP contribution is 2.45. The van der Waals surface area contributed by atoms with Gasteiger partial charge in [-0.3, -0.25) is 18.7 Å². The van der Waals surface area contributed by atoms with E-state index in [2.05, 4.69) is 20.0 Å². The van der Waals surface area contributed by atoms with Crippen LogP contribution in [0.4, 0.5) is 5.82 Å². The lowest BCUT2D eigenvalue weighted by Gasteiger charge is -2.26. The smallest absolute Gasteiger partial charge is 0.342 e. The summed E-state index contributed by atoms with van der Waals surface area (Å²) in [5.74, 6) is -0.158. The molecule has 45 heavy (non-hydrogen) atoms. The van der Waals surface area contributed by atoms with Crippen LogP contribution in [0, 0.1) is 11.8 Å². The molecule has 0 amide bonds. The van der Waals surface area contributed by atoms with Crippen LogP contribution < -0.4 is 15.3 Å². The summed E-state index contributed by atoms with van der Waals surface area (Å²) in [5, 5.41) is 2.79. The summed E-state index contributed by atoms with van der Waals surface area (Å²) >= 11 is 0. The number of benzene rings is 1. The Hall–Kier alpha value is -3.58. The molecule has 14 nitrogen and oxygen atoms in total. The Kier molecular flexibility index (Phi) is 12.3. The minimum absolute atomic E-state index is 0.151. The van der Waals surface area contributed by atoms with Crippen molar-refractivity contribution in [3.05, 3.63) is 43.0 Å². The van der Waals surface area contributed by atoms with Gasteiger partial charge in [-0.2, -0.15) is 0 Å². The van der Waals surface area contributed by atoms with Gasteiger partial charge in [0.2, 0.25) is 0 Å². The zero-order valence-corrected chi connectivity index (χ0v) is 27.1. The van der Waals surface area contributed by atoms with Gasteiger partial charge < -0.3 is 29.2 Å². The molecule has 4 rings (SSSR count). The summed E-state index contributed by atoms with van der Waals surface area (Å²) in [4.78, 5) is 38.4. The van der Waals surface area contributed by atoms with Gasteiger partial charge in [0.15, 0.2) is 11.5 Å². The van der Waals surface area contributed by atoms with Gasteiger partial charge in [-0.25, -0.2) is 20.0 Å². The normalized spacial score (nSPS) is 18.6. The number of carbonyl (C=O) groups excluding carboxylic acids is 2. The van der Waals surface area contributed by atoms with Crippen molar-refractivity contribution in [2.75, 3.05) is 31.9 Å². The van der Waals surface area contributed by atoms with E-state index in [9.17, 15) is 14.2 Å². The second kappa shape index (κ2) is 16.1. The van der Waals surface area contributed by atoms with E-state index in [4.69, 9.17) is 29.2 Å². The van der Waals surface area contributed by atoms with Crippen LogP contribution in [0.1, 0.15) is 59.6 Å². The molecule has 0 saturated carbocycles. The fourth-order valence-corrected chi connectivity index (χ4v) is 6.19. The summed E-state index contributed by atoms with van der Waals surface area (Å²) in [6, 6.07) is 7.22. The lowest BCUT2D eigenvalue weighted by Crippen LogP contribution is -2.40. The van der Waals surface area contributed by atoms with Crippen LogP contribution in [0.15, 0.2) is 43.0 Å². The highest BCUT2D eigenvalue weighted by atomic mass is 31.2. The summed E-state index contributed by atoms with van der Waals surface area (Å²) in [7, 11) is -3.97. The number of para-hydroxylation sites is 1. The van der Waals surface area contributed by atoms with Crippen molar-refractivity contribution in [1.29, 1.82) is 0 Å². The molecule has 1 saturated heterocycles. The Morgan fingerprint density at radius 3 is 2.49 bits per heavy atom. The monoisotopic (exact) mass is 646 g/mol. The van der Waals surface area contributed by atoms with E-state index in [1.165, 1.54) is 6.33 Å². The van der Waals surface area contributed by atoms with Gasteiger partial charge in [-0.1, -0.05) is 45.9 Å². The summed E-state index contributed by atoms with van der Waals surface area (Å²) in [5.41, 5.74) is 6.90. The summed E-state index contributed by atoms with van der Waals surface area (Å²) in [6.45, 7) is 8.59. The Balaban J connectivity index is 1.47. The number of nitrogens with zero attached hydrogens (tertiary/aromatic N) is 4. The Morgan fingerprint density at radius 2 is 1.78 bits per heavy atom. The molecular formula is C30H43N6O8P. The van der Waals surface area contributed by atoms with E-state index in [0.29, 0.717) is 48.0 Å². The maximum Gasteiger partial charge on any atom is 0.342 e. The van der Waals surface area contributed by atoms with E-state index < -0.39 is 50.6 Å². The van der Waals surface area contributed by atoms with Crippen molar-refractivity contribution in [3.63, 3.8) is 0 Å². The maximum absolute atomic E-state index is 14.3.